The van der Waals surface area contributed by atoms with Gasteiger partial charge in [-0.15, -0.1) is 0 Å². The maximum Gasteiger partial charge on any atom is 0.491 e. The number of rotatable bonds is 2. The van der Waals surface area contributed by atoms with Crippen LogP contribution in [0.25, 0.3) is 0 Å². The Balaban J connectivity index is 1.89. The molecule has 2 heterocycles. The van der Waals surface area contributed by atoms with E-state index in [9.17, 15) is 14.6 Å². The lowest BCUT2D eigenvalue weighted by molar-refractivity contribution is 0.0354. The highest BCUT2D eigenvalue weighted by Crippen LogP contribution is 2.18. The van der Waals surface area contributed by atoms with Crippen LogP contribution in [-0.2, 0) is 11.3 Å². The molecule has 0 spiro atoms. The highest BCUT2D eigenvalue weighted by atomic mass is 16.5. The highest BCUT2D eigenvalue weighted by molar-refractivity contribution is 6.61. The molecule has 2 amide bonds. The molecule has 2 N–H and O–H groups in total. The van der Waals surface area contributed by atoms with Gasteiger partial charge in [0, 0.05) is 17.0 Å². The van der Waals surface area contributed by atoms with E-state index in [0.29, 0.717) is 29.0 Å². The van der Waals surface area contributed by atoms with E-state index in [1.165, 1.54) is 5.01 Å². The van der Waals surface area contributed by atoms with Crippen molar-refractivity contribution in [2.24, 2.45) is 0 Å². The van der Waals surface area contributed by atoms with Crippen LogP contribution in [0.1, 0.15) is 58.7 Å². The number of carbonyl (C=O) groups excluding carboxylic acids is 2. The maximum absolute atomic E-state index is 13.1. The van der Waals surface area contributed by atoms with Crippen LogP contribution in [0.3, 0.4) is 0 Å². The zero-order chi connectivity index (χ0) is 20.6. The summed E-state index contributed by atoms with van der Waals surface area (Å²) in [5.74, 6) is -0.982. The largest absolute Gasteiger partial charge is 0.491 e. The normalized spacial score (nSPS) is 13.3. The van der Waals surface area contributed by atoms with Gasteiger partial charge in [0.2, 0.25) is 5.82 Å². The van der Waals surface area contributed by atoms with Crippen LogP contribution >= 0.6 is 0 Å². The number of carbonyl (C=O) groups is 2. The van der Waals surface area contributed by atoms with Gasteiger partial charge in [-0.2, -0.15) is 0 Å². The average Bonchev–Trinajstić information content (AvgIpc) is 2.97. The molecule has 0 aliphatic carbocycles. The van der Waals surface area contributed by atoms with E-state index in [0.717, 1.165) is 5.56 Å². The Morgan fingerprint density at radius 3 is 2.43 bits per heavy atom. The lowest BCUT2D eigenvalue weighted by atomic mass is 9.78. The summed E-state index contributed by atoms with van der Waals surface area (Å²) in [5.41, 5.74) is 4.98. The number of hydrogen-bond acceptors (Lipinski definition) is 6. The number of hydrogen-bond donors (Lipinski definition) is 2. The Morgan fingerprint density at radius 1 is 1.18 bits per heavy atom. The van der Waals surface area contributed by atoms with E-state index >= 15 is 0 Å². The summed E-state index contributed by atoms with van der Waals surface area (Å²) in [7, 11) is -1.05. The van der Waals surface area contributed by atoms with E-state index < -0.39 is 24.5 Å². The molecular formula is C19H23BN4O4. The van der Waals surface area contributed by atoms with Crippen molar-refractivity contribution in [2.45, 2.75) is 46.8 Å². The van der Waals surface area contributed by atoms with Gasteiger partial charge >= 0.3 is 13.0 Å². The lowest BCUT2D eigenvalue weighted by Gasteiger charge is -2.35. The monoisotopic (exact) mass is 382 g/mol. The molecule has 3 rings (SSSR count). The van der Waals surface area contributed by atoms with Gasteiger partial charge in [0.05, 0.1) is 12.1 Å². The van der Waals surface area contributed by atoms with Crippen LogP contribution in [0.4, 0.5) is 0 Å². The number of benzene rings is 1. The van der Waals surface area contributed by atoms with E-state index in [4.69, 9.17) is 4.65 Å². The minimum atomic E-state index is -1.05. The quantitative estimate of drug-likeness (QED) is 0.591. The van der Waals surface area contributed by atoms with Crippen molar-refractivity contribution >= 4 is 24.4 Å². The first-order valence-corrected chi connectivity index (χ1v) is 8.96. The van der Waals surface area contributed by atoms with Gasteiger partial charge in [-0.1, -0.05) is 6.07 Å². The first kappa shape index (κ1) is 20.0. The zero-order valence-electron chi connectivity index (χ0n) is 16.6. The molecule has 9 heteroatoms. The fourth-order valence-corrected chi connectivity index (χ4v) is 2.98. The van der Waals surface area contributed by atoms with Crippen LogP contribution in [-0.4, -0.2) is 44.5 Å². The van der Waals surface area contributed by atoms with Crippen LogP contribution in [0.5, 0.6) is 0 Å². The highest BCUT2D eigenvalue weighted by Gasteiger charge is 2.33. The number of nitrogens with one attached hydrogen (secondary N) is 1. The molecule has 1 aromatic heterocycles. The Hall–Kier alpha value is -2.78. The minimum absolute atomic E-state index is 0.00248. The molecule has 0 radical (unpaired) electrons. The van der Waals surface area contributed by atoms with Crippen molar-refractivity contribution in [3.05, 3.63) is 52.6 Å². The Labute approximate surface area is 164 Å². The minimum Gasteiger partial charge on any atom is -0.423 e. The van der Waals surface area contributed by atoms with Crippen molar-refractivity contribution in [2.75, 3.05) is 0 Å². The molecule has 0 unspecified atom stereocenters. The van der Waals surface area contributed by atoms with Gasteiger partial charge in [-0.3, -0.25) is 15.0 Å². The smallest absolute Gasteiger partial charge is 0.423 e. The number of amides is 2. The van der Waals surface area contributed by atoms with E-state index in [1.807, 2.05) is 0 Å². The van der Waals surface area contributed by atoms with Gasteiger partial charge in [-0.05, 0) is 63.8 Å². The predicted molar refractivity (Wildman–Crippen MR) is 104 cm³/mol. The van der Waals surface area contributed by atoms with Crippen LogP contribution in [0.15, 0.2) is 24.3 Å². The number of nitrogens with zero attached hydrogens (tertiary/aromatic N) is 3. The molecule has 28 heavy (non-hydrogen) atoms. The molecule has 0 bridgehead atoms. The summed E-state index contributed by atoms with van der Waals surface area (Å²) >= 11 is 0. The van der Waals surface area contributed by atoms with Crippen molar-refractivity contribution < 1.29 is 19.3 Å². The van der Waals surface area contributed by atoms with Gasteiger partial charge < -0.3 is 9.68 Å². The van der Waals surface area contributed by atoms with E-state index in [-0.39, 0.29) is 5.82 Å². The average molecular weight is 382 g/mol. The summed E-state index contributed by atoms with van der Waals surface area (Å²) in [5, 5.41) is 11.1. The molecule has 0 saturated carbocycles. The second-order valence-corrected chi connectivity index (χ2v) is 7.80. The van der Waals surface area contributed by atoms with Gasteiger partial charge in [-0.25, -0.2) is 15.0 Å². The number of aryl methyl sites for hydroxylation is 2. The fraction of sp³-hybridized carbons (Fsp3) is 0.368. The molecular weight excluding hydrogens is 359 g/mol. The van der Waals surface area contributed by atoms with E-state index in [1.54, 1.807) is 58.9 Å². The molecule has 0 fully saturated rings. The second-order valence-electron chi connectivity index (χ2n) is 7.80. The molecule has 146 valence electrons. The Morgan fingerprint density at radius 2 is 1.82 bits per heavy atom. The number of fused-ring (bicyclic) bond motifs is 1. The summed E-state index contributed by atoms with van der Waals surface area (Å²) in [6, 6.07) is 6.75. The fourth-order valence-electron chi connectivity index (χ4n) is 2.98. The molecule has 1 aliphatic rings. The third-order valence-corrected chi connectivity index (χ3v) is 4.33. The predicted octanol–water partition coefficient (Wildman–Crippen LogP) is 0.897. The molecule has 1 aromatic carbocycles. The third-order valence-electron chi connectivity index (χ3n) is 4.33. The molecule has 2 aromatic rings. The number of aromatic nitrogens is 2. The number of hydrazine groups is 1. The van der Waals surface area contributed by atoms with Gasteiger partial charge in [0.15, 0.2) is 0 Å². The van der Waals surface area contributed by atoms with Gasteiger partial charge in [0.1, 0.15) is 0 Å². The van der Waals surface area contributed by atoms with Gasteiger partial charge in [0.25, 0.3) is 5.91 Å². The summed E-state index contributed by atoms with van der Waals surface area (Å²) < 4.78 is 5.17. The molecule has 0 saturated heterocycles. The van der Waals surface area contributed by atoms with Crippen molar-refractivity contribution in [1.29, 1.82) is 0 Å². The maximum atomic E-state index is 13.1. The topological polar surface area (TPSA) is 105 Å². The van der Waals surface area contributed by atoms with Crippen LogP contribution < -0.4 is 10.9 Å². The van der Waals surface area contributed by atoms with Crippen molar-refractivity contribution in [3.63, 3.8) is 0 Å². The molecule has 1 aliphatic heterocycles. The SMILES string of the molecule is Cc1cc(C)nc(C(=O)NN(C(=O)c2ccc3c(c2)B(O)OC3)C(C)(C)C)n1. The second kappa shape index (κ2) is 7.33. The zero-order valence-corrected chi connectivity index (χ0v) is 16.6. The Bertz CT molecular complexity index is 922. The molecule has 8 nitrogen and oxygen atoms in total. The Kier molecular flexibility index (Phi) is 5.23. The van der Waals surface area contributed by atoms with Crippen LogP contribution in [0, 0.1) is 13.8 Å². The summed E-state index contributed by atoms with van der Waals surface area (Å²) in [6.45, 7) is 9.26. The first-order valence-electron chi connectivity index (χ1n) is 8.96. The summed E-state index contributed by atoms with van der Waals surface area (Å²) in [4.78, 5) is 34.1. The third kappa shape index (κ3) is 4.05. The molecule has 0 atom stereocenters. The first-order chi connectivity index (χ1) is 13.1. The standard InChI is InChI=1S/C19H23BN4O4/c1-11-8-12(2)22-16(21-11)17(25)23-24(19(3,4)5)18(26)13-6-7-14-10-28-20(27)15(14)9-13/h6-9,27H,10H2,1-5H3,(H,23,25). The summed E-state index contributed by atoms with van der Waals surface area (Å²) in [6.07, 6.45) is 0. The van der Waals surface area contributed by atoms with Crippen LogP contribution in [0.2, 0.25) is 0 Å². The van der Waals surface area contributed by atoms with Crippen molar-refractivity contribution in [1.82, 2.24) is 20.4 Å². The van der Waals surface area contributed by atoms with E-state index in [2.05, 4.69) is 15.4 Å². The van der Waals surface area contributed by atoms with Crippen molar-refractivity contribution in [3.8, 4) is 0 Å². The lowest BCUT2D eigenvalue weighted by Crippen LogP contribution is -2.56.